The number of hydrogen-bond acceptors (Lipinski definition) is 3. The third kappa shape index (κ3) is 3.51. The number of nitrogens with one attached hydrogen (secondary N) is 1. The van der Waals surface area contributed by atoms with Crippen LogP contribution in [0.25, 0.3) is 10.8 Å². The second-order valence-electron chi connectivity index (χ2n) is 5.74. The number of benzene rings is 3. The number of carboxylic acids is 1. The van der Waals surface area contributed by atoms with Crippen LogP contribution in [0.3, 0.4) is 0 Å². The van der Waals surface area contributed by atoms with Crippen molar-refractivity contribution in [1.29, 1.82) is 0 Å². The van der Waals surface area contributed by atoms with Crippen LogP contribution in [0.5, 0.6) is 0 Å². The molecule has 0 bridgehead atoms. The lowest BCUT2D eigenvalue weighted by Gasteiger charge is -2.19. The highest BCUT2D eigenvalue weighted by molar-refractivity contribution is 5.94. The summed E-state index contributed by atoms with van der Waals surface area (Å²) in [6.07, 6.45) is 0. The molecule has 0 saturated heterocycles. The average molecular weight is 334 g/mol. The van der Waals surface area contributed by atoms with Crippen LogP contribution in [0.4, 0.5) is 0 Å². The molecule has 3 aromatic carbocycles. The van der Waals surface area contributed by atoms with Crippen LogP contribution in [-0.2, 0) is 9.59 Å². The highest BCUT2D eigenvalue weighted by Crippen LogP contribution is 2.24. The van der Waals surface area contributed by atoms with Crippen molar-refractivity contribution in [3.63, 3.8) is 0 Å². The Balaban J connectivity index is 1.88. The Kier molecular flexibility index (Phi) is 4.77. The zero-order chi connectivity index (χ0) is 17.8. The standard InChI is InChI=1S/C20H18N2O3/c21-17(16-12-6-10-13-7-4-5-11-15(13)16)19(23)22-18(20(24)25)14-8-2-1-3-9-14/h1-12,17-18H,21H2,(H,22,23)(H,24,25)/t17?,18-/m1/s1. The Morgan fingerprint density at radius 1 is 0.880 bits per heavy atom. The van der Waals surface area contributed by atoms with Crippen LogP contribution >= 0.6 is 0 Å². The van der Waals surface area contributed by atoms with E-state index in [4.69, 9.17) is 5.73 Å². The maximum absolute atomic E-state index is 12.6. The normalized spacial score (nSPS) is 13.2. The maximum atomic E-state index is 12.6. The molecular weight excluding hydrogens is 316 g/mol. The second-order valence-corrected chi connectivity index (χ2v) is 5.74. The number of rotatable bonds is 5. The molecule has 0 spiro atoms. The molecule has 2 atom stereocenters. The zero-order valence-corrected chi connectivity index (χ0v) is 13.4. The molecule has 3 rings (SSSR count). The maximum Gasteiger partial charge on any atom is 0.330 e. The molecule has 0 fully saturated rings. The minimum Gasteiger partial charge on any atom is -0.479 e. The molecule has 5 nitrogen and oxygen atoms in total. The van der Waals surface area contributed by atoms with Crippen LogP contribution in [0.15, 0.2) is 72.8 Å². The van der Waals surface area contributed by atoms with Crippen LogP contribution < -0.4 is 11.1 Å². The molecule has 0 aliphatic heterocycles. The molecule has 0 aromatic heterocycles. The molecule has 4 N–H and O–H groups in total. The van der Waals surface area contributed by atoms with Gasteiger partial charge in [0.15, 0.2) is 6.04 Å². The largest absolute Gasteiger partial charge is 0.479 e. The van der Waals surface area contributed by atoms with Gasteiger partial charge >= 0.3 is 5.97 Å². The predicted octanol–water partition coefficient (Wildman–Crippen LogP) is 2.78. The Bertz CT molecular complexity index is 904. The van der Waals surface area contributed by atoms with E-state index in [0.29, 0.717) is 11.1 Å². The number of fused-ring (bicyclic) bond motifs is 1. The minimum absolute atomic E-state index is 0.494. The van der Waals surface area contributed by atoms with E-state index >= 15 is 0 Å². The summed E-state index contributed by atoms with van der Waals surface area (Å²) in [6.45, 7) is 0. The van der Waals surface area contributed by atoms with Crippen molar-refractivity contribution in [2.24, 2.45) is 5.73 Å². The van der Waals surface area contributed by atoms with E-state index in [9.17, 15) is 14.7 Å². The van der Waals surface area contributed by atoms with Crippen molar-refractivity contribution in [3.05, 3.63) is 83.9 Å². The van der Waals surface area contributed by atoms with Gasteiger partial charge in [0.25, 0.3) is 0 Å². The quantitative estimate of drug-likeness (QED) is 0.669. The van der Waals surface area contributed by atoms with Crippen molar-refractivity contribution in [3.8, 4) is 0 Å². The summed E-state index contributed by atoms with van der Waals surface area (Å²) < 4.78 is 0. The highest BCUT2D eigenvalue weighted by atomic mass is 16.4. The molecule has 0 aliphatic rings. The summed E-state index contributed by atoms with van der Waals surface area (Å²) in [6, 6.07) is 19.6. The summed E-state index contributed by atoms with van der Waals surface area (Å²) in [5.74, 6) is -1.67. The fourth-order valence-corrected chi connectivity index (χ4v) is 2.83. The fourth-order valence-electron chi connectivity index (χ4n) is 2.83. The topological polar surface area (TPSA) is 92.4 Å². The first-order chi connectivity index (χ1) is 12.1. The van der Waals surface area contributed by atoms with E-state index in [1.165, 1.54) is 0 Å². The Labute approximate surface area is 145 Å². The van der Waals surface area contributed by atoms with E-state index in [0.717, 1.165) is 10.8 Å². The van der Waals surface area contributed by atoms with Crippen LogP contribution in [-0.4, -0.2) is 17.0 Å². The summed E-state index contributed by atoms with van der Waals surface area (Å²) in [7, 11) is 0. The molecule has 0 saturated carbocycles. The monoisotopic (exact) mass is 334 g/mol. The number of carboxylic acid groups (broad SMARTS) is 1. The third-order valence-corrected chi connectivity index (χ3v) is 4.11. The van der Waals surface area contributed by atoms with Crippen molar-refractivity contribution >= 4 is 22.6 Å². The van der Waals surface area contributed by atoms with Crippen LogP contribution in [0.1, 0.15) is 23.2 Å². The summed E-state index contributed by atoms with van der Waals surface area (Å²) in [5, 5.41) is 13.8. The molecule has 1 amide bonds. The van der Waals surface area contributed by atoms with Gasteiger partial charge in [0.05, 0.1) is 0 Å². The van der Waals surface area contributed by atoms with Crippen molar-refractivity contribution in [1.82, 2.24) is 5.32 Å². The van der Waals surface area contributed by atoms with Gasteiger partial charge in [-0.15, -0.1) is 0 Å². The molecule has 0 radical (unpaired) electrons. The Hall–Kier alpha value is -3.18. The molecule has 0 aliphatic carbocycles. The number of aliphatic carboxylic acids is 1. The summed E-state index contributed by atoms with van der Waals surface area (Å²) >= 11 is 0. The van der Waals surface area contributed by atoms with E-state index in [2.05, 4.69) is 5.32 Å². The van der Waals surface area contributed by atoms with Crippen molar-refractivity contribution in [2.75, 3.05) is 0 Å². The molecule has 1 unspecified atom stereocenters. The molecule has 3 aromatic rings. The number of nitrogens with two attached hydrogens (primary N) is 1. The van der Waals surface area contributed by atoms with Gasteiger partial charge in [-0.25, -0.2) is 4.79 Å². The van der Waals surface area contributed by atoms with E-state index < -0.39 is 24.0 Å². The van der Waals surface area contributed by atoms with Gasteiger partial charge in [-0.2, -0.15) is 0 Å². The van der Waals surface area contributed by atoms with Gasteiger partial charge in [-0.05, 0) is 21.9 Å². The zero-order valence-electron chi connectivity index (χ0n) is 13.4. The predicted molar refractivity (Wildman–Crippen MR) is 95.8 cm³/mol. The van der Waals surface area contributed by atoms with Gasteiger partial charge in [-0.3, -0.25) is 4.79 Å². The van der Waals surface area contributed by atoms with E-state index in [-0.39, 0.29) is 0 Å². The Morgan fingerprint density at radius 2 is 1.52 bits per heavy atom. The van der Waals surface area contributed by atoms with Crippen molar-refractivity contribution < 1.29 is 14.7 Å². The smallest absolute Gasteiger partial charge is 0.330 e. The number of amides is 1. The Morgan fingerprint density at radius 3 is 2.24 bits per heavy atom. The summed E-state index contributed by atoms with van der Waals surface area (Å²) in [4.78, 5) is 24.1. The number of carbonyl (C=O) groups is 2. The number of carbonyl (C=O) groups excluding carboxylic acids is 1. The van der Waals surface area contributed by atoms with Gasteiger partial charge in [0, 0.05) is 0 Å². The number of hydrogen-bond donors (Lipinski definition) is 3. The first-order valence-corrected chi connectivity index (χ1v) is 7.89. The lowest BCUT2D eigenvalue weighted by Crippen LogP contribution is -2.39. The van der Waals surface area contributed by atoms with Gasteiger partial charge < -0.3 is 16.2 Å². The first-order valence-electron chi connectivity index (χ1n) is 7.89. The van der Waals surface area contributed by atoms with Crippen LogP contribution in [0, 0.1) is 0 Å². The molecule has 126 valence electrons. The lowest BCUT2D eigenvalue weighted by atomic mass is 9.98. The fraction of sp³-hybridized carbons (Fsp3) is 0.100. The van der Waals surface area contributed by atoms with Crippen molar-refractivity contribution in [2.45, 2.75) is 12.1 Å². The average Bonchev–Trinajstić information content (AvgIpc) is 2.65. The molecular formula is C20H18N2O3. The minimum atomic E-state index is -1.14. The SMILES string of the molecule is NC(C(=O)N[C@@H](C(=O)O)c1ccccc1)c1cccc2ccccc12. The van der Waals surface area contributed by atoms with Gasteiger partial charge in [-0.1, -0.05) is 72.8 Å². The van der Waals surface area contributed by atoms with Gasteiger partial charge in [0.1, 0.15) is 6.04 Å². The molecule has 5 heteroatoms. The van der Waals surface area contributed by atoms with E-state index in [1.807, 2.05) is 36.4 Å². The second kappa shape index (κ2) is 7.15. The first kappa shape index (κ1) is 16.7. The van der Waals surface area contributed by atoms with Crippen LogP contribution in [0.2, 0.25) is 0 Å². The summed E-state index contributed by atoms with van der Waals surface area (Å²) in [5.41, 5.74) is 7.28. The van der Waals surface area contributed by atoms with E-state index in [1.54, 1.807) is 36.4 Å². The van der Waals surface area contributed by atoms with Gasteiger partial charge in [0.2, 0.25) is 5.91 Å². The molecule has 0 heterocycles. The molecule has 25 heavy (non-hydrogen) atoms. The lowest BCUT2D eigenvalue weighted by molar-refractivity contribution is -0.142. The highest BCUT2D eigenvalue weighted by Gasteiger charge is 2.26. The third-order valence-electron chi connectivity index (χ3n) is 4.11.